The molecule has 34 heavy (non-hydrogen) atoms. The van der Waals surface area contributed by atoms with Crippen LogP contribution in [0.25, 0.3) is 0 Å². The van der Waals surface area contributed by atoms with Gasteiger partial charge in [0.05, 0.1) is 0 Å². The molecule has 0 bridgehead atoms. The number of hydrogen-bond donors (Lipinski definition) is 0. The van der Waals surface area contributed by atoms with Crippen LogP contribution in [-0.4, -0.2) is 9.97 Å². The van der Waals surface area contributed by atoms with Crippen LogP contribution in [0.1, 0.15) is 153 Å². The van der Waals surface area contributed by atoms with Gasteiger partial charge in [0.1, 0.15) is 5.82 Å². The van der Waals surface area contributed by atoms with Crippen LogP contribution < -0.4 is 0 Å². The number of aromatic nitrogens is 2. The smallest absolute Gasteiger partial charge is 0.135 e. The van der Waals surface area contributed by atoms with Gasteiger partial charge >= 0.3 is 0 Å². The second kappa shape index (κ2) is 16.3. The zero-order valence-corrected chi connectivity index (χ0v) is 22.5. The predicted octanol–water partition coefficient (Wildman–Crippen LogP) is 10.1. The first-order valence-corrected chi connectivity index (χ1v) is 15.0. The molecule has 2 nitrogen and oxygen atoms in total. The molecule has 0 amide bonds. The summed E-state index contributed by atoms with van der Waals surface area (Å²) in [6.07, 6.45) is 34.0. The van der Waals surface area contributed by atoms with Crippen LogP contribution in [0.4, 0.5) is 0 Å². The zero-order chi connectivity index (χ0) is 23.8. The second-order valence-electron chi connectivity index (χ2n) is 11.1. The van der Waals surface area contributed by atoms with Crippen LogP contribution in [0, 0.1) is 5.92 Å². The normalized spacial score (nSPS) is 19.7. The summed E-state index contributed by atoms with van der Waals surface area (Å²) in [4.78, 5) is 9.69. The van der Waals surface area contributed by atoms with Gasteiger partial charge in [-0.15, -0.1) is 0 Å². The van der Waals surface area contributed by atoms with Gasteiger partial charge in [-0.25, -0.2) is 9.97 Å². The highest BCUT2D eigenvalue weighted by molar-refractivity contribution is 5.37. The molecule has 3 rings (SSSR count). The molecule has 0 N–H and O–H groups in total. The Morgan fingerprint density at radius 2 is 1.38 bits per heavy atom. The van der Waals surface area contributed by atoms with Gasteiger partial charge in [0.25, 0.3) is 0 Å². The number of allylic oxidation sites excluding steroid dienone is 4. The van der Waals surface area contributed by atoms with Crippen molar-refractivity contribution in [3.63, 3.8) is 0 Å². The van der Waals surface area contributed by atoms with E-state index in [2.05, 4.69) is 37.0 Å². The van der Waals surface area contributed by atoms with E-state index in [1.165, 1.54) is 121 Å². The molecule has 2 aliphatic carbocycles. The first kappa shape index (κ1) is 27.2. The Balaban J connectivity index is 1.33. The van der Waals surface area contributed by atoms with E-state index >= 15 is 0 Å². The van der Waals surface area contributed by atoms with Gasteiger partial charge in [-0.1, -0.05) is 121 Å². The zero-order valence-electron chi connectivity index (χ0n) is 22.5. The van der Waals surface area contributed by atoms with E-state index in [1.54, 1.807) is 11.1 Å². The summed E-state index contributed by atoms with van der Waals surface area (Å²) in [7, 11) is 0. The molecule has 1 aromatic rings. The molecule has 0 saturated heterocycles. The van der Waals surface area contributed by atoms with Crippen molar-refractivity contribution in [2.75, 3.05) is 0 Å². The lowest BCUT2D eigenvalue weighted by Crippen LogP contribution is -2.08. The fourth-order valence-corrected chi connectivity index (χ4v) is 5.92. The fraction of sp³-hybridized carbons (Fsp3) is 0.750. The summed E-state index contributed by atoms with van der Waals surface area (Å²) < 4.78 is 0. The maximum atomic E-state index is 5.00. The predicted molar refractivity (Wildman–Crippen MR) is 147 cm³/mol. The third kappa shape index (κ3) is 9.67. The Morgan fingerprint density at radius 3 is 2.09 bits per heavy atom. The molecule has 2 atom stereocenters. The minimum Gasteiger partial charge on any atom is -0.241 e. The highest BCUT2D eigenvalue weighted by atomic mass is 14.9. The van der Waals surface area contributed by atoms with Gasteiger partial charge in [-0.3, -0.25) is 0 Å². The van der Waals surface area contributed by atoms with Gasteiger partial charge in [0.15, 0.2) is 0 Å². The van der Waals surface area contributed by atoms with Gasteiger partial charge < -0.3 is 0 Å². The number of rotatable bonds is 18. The van der Waals surface area contributed by atoms with E-state index in [-0.39, 0.29) is 0 Å². The van der Waals surface area contributed by atoms with Crippen LogP contribution in [-0.2, 0) is 6.42 Å². The van der Waals surface area contributed by atoms with Crippen LogP contribution >= 0.6 is 0 Å². The Bertz CT molecular complexity index is 747. The second-order valence-corrected chi connectivity index (χ2v) is 11.1. The number of nitrogens with zero attached hydrogens (tertiary/aromatic N) is 2. The van der Waals surface area contributed by atoms with Crippen molar-refractivity contribution in [2.24, 2.45) is 5.92 Å². The van der Waals surface area contributed by atoms with Crippen molar-refractivity contribution in [1.29, 1.82) is 0 Å². The maximum absolute atomic E-state index is 5.00. The molecule has 0 fully saturated rings. The molecular formula is C32H52N2. The van der Waals surface area contributed by atoms with Crippen LogP contribution in [0.2, 0.25) is 0 Å². The highest BCUT2D eigenvalue weighted by Crippen LogP contribution is 2.43. The van der Waals surface area contributed by atoms with E-state index in [1.807, 2.05) is 6.20 Å². The fourth-order valence-electron chi connectivity index (χ4n) is 5.92. The van der Waals surface area contributed by atoms with E-state index < -0.39 is 0 Å². The Morgan fingerprint density at radius 1 is 0.735 bits per heavy atom. The summed E-state index contributed by atoms with van der Waals surface area (Å²) >= 11 is 0. The lowest BCUT2D eigenvalue weighted by molar-refractivity contribution is 0.465. The number of aryl methyl sites for hydroxylation is 1. The van der Waals surface area contributed by atoms with Crippen molar-refractivity contribution in [2.45, 2.75) is 148 Å². The lowest BCUT2D eigenvalue weighted by atomic mass is 9.90. The third-order valence-corrected chi connectivity index (χ3v) is 8.06. The van der Waals surface area contributed by atoms with E-state index in [0.29, 0.717) is 5.92 Å². The quantitative estimate of drug-likeness (QED) is 0.202. The monoisotopic (exact) mass is 464 g/mol. The molecule has 1 heterocycles. The van der Waals surface area contributed by atoms with Crippen molar-refractivity contribution < 1.29 is 0 Å². The van der Waals surface area contributed by atoms with Crippen molar-refractivity contribution in [3.05, 3.63) is 47.1 Å². The average molecular weight is 465 g/mol. The van der Waals surface area contributed by atoms with E-state index in [9.17, 15) is 0 Å². The van der Waals surface area contributed by atoms with Crippen LogP contribution in [0.15, 0.2) is 35.6 Å². The maximum Gasteiger partial charge on any atom is 0.135 e. The third-order valence-electron chi connectivity index (χ3n) is 8.06. The van der Waals surface area contributed by atoms with Crippen molar-refractivity contribution in [1.82, 2.24) is 9.97 Å². The van der Waals surface area contributed by atoms with Gasteiger partial charge in [0, 0.05) is 17.8 Å². The molecule has 2 unspecified atom stereocenters. The standard InChI is InChI=1S/C32H52N2/c1-3-5-7-9-11-12-13-15-17-19-31-22-23-33-32(34-31)29-21-20-28-24-27(25-30(28)26-29)18-16-14-10-8-6-4-2/h20-23,27,29H,3-19,24-26H2,1-2H3. The molecule has 1 aromatic heterocycles. The SMILES string of the molecule is CCCCCCCCCCCc1ccnc(C2C=CC3=C(CC(CCCCCCCC)C3)C2)n1. The van der Waals surface area contributed by atoms with Crippen molar-refractivity contribution in [3.8, 4) is 0 Å². The first-order chi connectivity index (χ1) is 16.8. The van der Waals surface area contributed by atoms with Crippen molar-refractivity contribution >= 4 is 0 Å². The molecule has 0 aromatic carbocycles. The van der Waals surface area contributed by atoms with Crippen LogP contribution in [0.3, 0.4) is 0 Å². The molecule has 2 aliphatic rings. The summed E-state index contributed by atoms with van der Waals surface area (Å²) in [5, 5.41) is 0. The summed E-state index contributed by atoms with van der Waals surface area (Å²) in [5.74, 6) is 2.32. The minimum atomic E-state index is 0.384. The van der Waals surface area contributed by atoms with Gasteiger partial charge in [0.2, 0.25) is 0 Å². The lowest BCUT2D eigenvalue weighted by Gasteiger charge is -2.18. The Hall–Kier alpha value is -1.44. The molecular weight excluding hydrogens is 412 g/mol. The molecule has 0 radical (unpaired) electrons. The largest absolute Gasteiger partial charge is 0.241 e. The van der Waals surface area contributed by atoms with Crippen LogP contribution in [0.5, 0.6) is 0 Å². The summed E-state index contributed by atoms with van der Waals surface area (Å²) in [6.45, 7) is 4.59. The molecule has 0 saturated carbocycles. The first-order valence-electron chi connectivity index (χ1n) is 15.0. The number of unbranched alkanes of at least 4 members (excludes halogenated alkanes) is 13. The summed E-state index contributed by atoms with van der Waals surface area (Å²) in [6, 6.07) is 2.14. The summed E-state index contributed by atoms with van der Waals surface area (Å²) in [5.41, 5.74) is 4.59. The van der Waals surface area contributed by atoms with Gasteiger partial charge in [-0.2, -0.15) is 0 Å². The highest BCUT2D eigenvalue weighted by Gasteiger charge is 2.28. The van der Waals surface area contributed by atoms with E-state index in [4.69, 9.17) is 4.98 Å². The molecule has 2 heteroatoms. The van der Waals surface area contributed by atoms with E-state index in [0.717, 1.165) is 24.6 Å². The van der Waals surface area contributed by atoms with Gasteiger partial charge in [-0.05, 0) is 56.1 Å². The molecule has 0 spiro atoms. The average Bonchev–Trinajstić information content (AvgIpc) is 3.27. The Kier molecular flexibility index (Phi) is 13.0. The topological polar surface area (TPSA) is 25.8 Å². The molecule has 0 aliphatic heterocycles. The minimum absolute atomic E-state index is 0.384. The Labute approximate surface area is 211 Å². The molecule has 190 valence electrons. The number of hydrogen-bond acceptors (Lipinski definition) is 2.